The molecule has 0 saturated carbocycles. The summed E-state index contributed by atoms with van der Waals surface area (Å²) in [6.07, 6.45) is 0.995. The second-order valence-electron chi connectivity index (χ2n) is 4.51. The van der Waals surface area contributed by atoms with Crippen molar-refractivity contribution in [2.75, 3.05) is 18.0 Å². The number of thioether (sulfide) groups is 1. The zero-order chi connectivity index (χ0) is 13.5. The number of carbonyl (C=O) groups excluding carboxylic acids is 1. The van der Waals surface area contributed by atoms with E-state index < -0.39 is 0 Å². The summed E-state index contributed by atoms with van der Waals surface area (Å²) in [4.78, 5) is 12.4. The number of nitrogen functional groups attached to an aromatic ring is 1. The Hall–Kier alpha value is -0.870. The molecule has 0 radical (unpaired) electrons. The van der Waals surface area contributed by atoms with Crippen LogP contribution in [0.5, 0.6) is 0 Å². The molecule has 0 spiro atoms. The van der Waals surface area contributed by atoms with E-state index in [2.05, 4.69) is 19.2 Å². The molecule has 1 aromatic rings. The van der Waals surface area contributed by atoms with Gasteiger partial charge in [-0.1, -0.05) is 25.4 Å². The normalized spacial score (nSPS) is 10.7. The first kappa shape index (κ1) is 15.2. The third-order valence-electron chi connectivity index (χ3n) is 2.36. The lowest BCUT2D eigenvalue weighted by molar-refractivity contribution is -0.118. The zero-order valence-corrected chi connectivity index (χ0v) is 12.3. The number of halogens is 1. The molecule has 3 nitrogen and oxygen atoms in total. The third-order valence-corrected chi connectivity index (χ3v) is 3.85. The van der Waals surface area contributed by atoms with Crippen molar-refractivity contribution in [1.82, 2.24) is 5.32 Å². The minimum atomic E-state index is 0.0270. The fraction of sp³-hybridized carbons (Fsp3) is 0.462. The summed E-state index contributed by atoms with van der Waals surface area (Å²) in [5, 5.41) is 3.51. The molecule has 0 saturated heterocycles. The number of nitrogens with two attached hydrogens (primary N) is 1. The zero-order valence-electron chi connectivity index (χ0n) is 10.7. The molecule has 1 aromatic carbocycles. The van der Waals surface area contributed by atoms with Crippen molar-refractivity contribution in [2.45, 2.75) is 25.2 Å². The van der Waals surface area contributed by atoms with Gasteiger partial charge in [-0.2, -0.15) is 0 Å². The molecule has 100 valence electrons. The van der Waals surface area contributed by atoms with Gasteiger partial charge in [0, 0.05) is 17.1 Å². The number of hydrogen-bond donors (Lipinski definition) is 2. The molecule has 1 rings (SSSR count). The number of benzene rings is 1. The summed E-state index contributed by atoms with van der Waals surface area (Å²) in [6, 6.07) is 5.28. The Kier molecular flexibility index (Phi) is 6.36. The average molecular weight is 287 g/mol. The Balaban J connectivity index is 2.36. The van der Waals surface area contributed by atoms with Crippen LogP contribution in [0.4, 0.5) is 5.69 Å². The lowest BCUT2D eigenvalue weighted by Gasteiger charge is -2.08. The van der Waals surface area contributed by atoms with Gasteiger partial charge in [0.25, 0.3) is 0 Å². The smallest absolute Gasteiger partial charge is 0.230 e. The number of hydrogen-bond acceptors (Lipinski definition) is 3. The minimum absolute atomic E-state index is 0.0270. The molecule has 1 amide bonds. The second kappa shape index (κ2) is 7.54. The number of rotatable bonds is 6. The Morgan fingerprint density at radius 2 is 2.22 bits per heavy atom. The average Bonchev–Trinajstić information content (AvgIpc) is 2.30. The van der Waals surface area contributed by atoms with Crippen molar-refractivity contribution in [3.8, 4) is 0 Å². The van der Waals surface area contributed by atoms with Crippen molar-refractivity contribution < 1.29 is 4.79 Å². The molecule has 0 bridgehead atoms. The summed E-state index contributed by atoms with van der Waals surface area (Å²) < 4.78 is 0. The van der Waals surface area contributed by atoms with Crippen LogP contribution in [-0.4, -0.2) is 18.2 Å². The Bertz CT molecular complexity index is 410. The first-order chi connectivity index (χ1) is 8.49. The summed E-state index contributed by atoms with van der Waals surface area (Å²) in [6.45, 7) is 4.99. The van der Waals surface area contributed by atoms with Gasteiger partial charge >= 0.3 is 0 Å². The largest absolute Gasteiger partial charge is 0.399 e. The molecule has 0 unspecified atom stereocenters. The summed E-state index contributed by atoms with van der Waals surface area (Å²) in [7, 11) is 0. The summed E-state index contributed by atoms with van der Waals surface area (Å²) >= 11 is 7.42. The molecule has 0 fully saturated rings. The lowest BCUT2D eigenvalue weighted by Crippen LogP contribution is -2.26. The molecule has 0 aliphatic carbocycles. The van der Waals surface area contributed by atoms with Crippen LogP contribution in [0, 0.1) is 5.92 Å². The predicted octanol–water partition coefficient (Wildman–Crippen LogP) is 3.18. The quantitative estimate of drug-likeness (QED) is 0.624. The van der Waals surface area contributed by atoms with Crippen molar-refractivity contribution in [3.05, 3.63) is 23.2 Å². The molecular formula is C13H19ClN2OS. The number of anilines is 1. The number of amides is 1. The van der Waals surface area contributed by atoms with Crippen LogP contribution in [0.2, 0.25) is 5.02 Å². The Morgan fingerprint density at radius 3 is 2.89 bits per heavy atom. The van der Waals surface area contributed by atoms with Gasteiger partial charge in [0.2, 0.25) is 5.91 Å². The minimum Gasteiger partial charge on any atom is -0.399 e. The third kappa shape index (κ3) is 5.65. The van der Waals surface area contributed by atoms with Gasteiger partial charge < -0.3 is 11.1 Å². The van der Waals surface area contributed by atoms with E-state index in [9.17, 15) is 4.79 Å². The molecule has 3 N–H and O–H groups in total. The Labute approximate surface area is 117 Å². The molecule has 0 heterocycles. The van der Waals surface area contributed by atoms with Gasteiger partial charge in [0.05, 0.1) is 10.8 Å². The monoisotopic (exact) mass is 286 g/mol. The van der Waals surface area contributed by atoms with Crippen molar-refractivity contribution in [2.24, 2.45) is 5.92 Å². The lowest BCUT2D eigenvalue weighted by atomic mass is 10.1. The van der Waals surface area contributed by atoms with Crippen LogP contribution in [0.3, 0.4) is 0 Å². The van der Waals surface area contributed by atoms with Crippen LogP contribution in [-0.2, 0) is 4.79 Å². The highest BCUT2D eigenvalue weighted by atomic mass is 35.5. The van der Waals surface area contributed by atoms with Crippen molar-refractivity contribution in [3.63, 3.8) is 0 Å². The van der Waals surface area contributed by atoms with E-state index in [0.717, 1.165) is 17.9 Å². The SMILES string of the molecule is CC(C)CCNC(=O)CSc1cc(N)ccc1Cl. The highest BCUT2D eigenvalue weighted by Gasteiger charge is 2.06. The van der Waals surface area contributed by atoms with E-state index in [0.29, 0.717) is 22.4 Å². The van der Waals surface area contributed by atoms with Crippen molar-refractivity contribution >= 4 is 35.0 Å². The molecule has 0 aromatic heterocycles. The topological polar surface area (TPSA) is 55.1 Å². The van der Waals surface area contributed by atoms with E-state index in [1.807, 2.05) is 0 Å². The highest BCUT2D eigenvalue weighted by Crippen LogP contribution is 2.28. The van der Waals surface area contributed by atoms with Gasteiger partial charge in [-0.3, -0.25) is 4.79 Å². The van der Waals surface area contributed by atoms with Crippen LogP contribution in [0.25, 0.3) is 0 Å². The molecule has 0 aliphatic heterocycles. The molecule has 0 atom stereocenters. The van der Waals surface area contributed by atoms with Gasteiger partial charge in [0.15, 0.2) is 0 Å². The highest BCUT2D eigenvalue weighted by molar-refractivity contribution is 8.00. The van der Waals surface area contributed by atoms with E-state index in [1.54, 1.807) is 18.2 Å². The second-order valence-corrected chi connectivity index (χ2v) is 5.94. The maximum Gasteiger partial charge on any atom is 0.230 e. The van der Waals surface area contributed by atoms with E-state index in [-0.39, 0.29) is 5.91 Å². The number of nitrogens with one attached hydrogen (secondary N) is 1. The molecule has 0 aliphatic rings. The fourth-order valence-corrected chi connectivity index (χ4v) is 2.42. The van der Waals surface area contributed by atoms with Gasteiger partial charge in [-0.15, -0.1) is 11.8 Å². The molecule has 5 heteroatoms. The van der Waals surface area contributed by atoms with Gasteiger partial charge in [-0.25, -0.2) is 0 Å². The maximum atomic E-state index is 11.6. The van der Waals surface area contributed by atoms with Crippen molar-refractivity contribution in [1.29, 1.82) is 0 Å². The van der Waals surface area contributed by atoms with Crippen LogP contribution in [0.1, 0.15) is 20.3 Å². The first-order valence-electron chi connectivity index (χ1n) is 5.93. The van der Waals surface area contributed by atoms with Gasteiger partial charge in [0.1, 0.15) is 0 Å². The maximum absolute atomic E-state index is 11.6. The standard InChI is InChI=1S/C13H19ClN2OS/c1-9(2)5-6-16-13(17)8-18-12-7-10(15)3-4-11(12)14/h3-4,7,9H,5-6,8,15H2,1-2H3,(H,16,17). The van der Waals surface area contributed by atoms with E-state index in [1.165, 1.54) is 11.8 Å². The van der Waals surface area contributed by atoms with Gasteiger partial charge in [-0.05, 0) is 30.5 Å². The molecular weight excluding hydrogens is 268 g/mol. The summed E-state index contributed by atoms with van der Waals surface area (Å²) in [5.41, 5.74) is 6.33. The van der Waals surface area contributed by atoms with Crippen LogP contribution < -0.4 is 11.1 Å². The molecule has 18 heavy (non-hydrogen) atoms. The van der Waals surface area contributed by atoms with E-state index >= 15 is 0 Å². The van der Waals surface area contributed by atoms with Crippen LogP contribution >= 0.6 is 23.4 Å². The number of carbonyl (C=O) groups is 1. The van der Waals surface area contributed by atoms with Crippen LogP contribution in [0.15, 0.2) is 23.1 Å². The summed E-state index contributed by atoms with van der Waals surface area (Å²) in [5.74, 6) is 0.988. The predicted molar refractivity (Wildman–Crippen MR) is 79.1 cm³/mol. The Morgan fingerprint density at radius 1 is 1.50 bits per heavy atom. The van der Waals surface area contributed by atoms with E-state index in [4.69, 9.17) is 17.3 Å². The fourth-order valence-electron chi connectivity index (χ4n) is 1.33. The first-order valence-corrected chi connectivity index (χ1v) is 7.30.